The van der Waals surface area contributed by atoms with Crippen LogP contribution in [0, 0.1) is 5.82 Å². The van der Waals surface area contributed by atoms with Crippen LogP contribution in [0.4, 0.5) is 10.1 Å². The lowest BCUT2D eigenvalue weighted by atomic mass is 10.0. The van der Waals surface area contributed by atoms with Gasteiger partial charge in [0.15, 0.2) is 0 Å². The molecule has 2 aromatic rings. The Morgan fingerprint density at radius 2 is 1.75 bits per heavy atom. The van der Waals surface area contributed by atoms with Crippen molar-refractivity contribution in [3.05, 3.63) is 65.5 Å². The molecule has 0 unspecified atom stereocenters. The fourth-order valence-electron chi connectivity index (χ4n) is 3.40. The van der Waals surface area contributed by atoms with Crippen molar-refractivity contribution in [2.24, 2.45) is 0 Å². The second-order valence-electron chi connectivity index (χ2n) is 7.26. The van der Waals surface area contributed by atoms with Gasteiger partial charge in [-0.25, -0.2) is 4.39 Å². The number of halogens is 1. The van der Waals surface area contributed by atoms with Crippen LogP contribution in [-0.4, -0.2) is 57.8 Å². The highest BCUT2D eigenvalue weighted by Gasteiger charge is 2.23. The van der Waals surface area contributed by atoms with Gasteiger partial charge in [0, 0.05) is 39.4 Å². The van der Waals surface area contributed by atoms with Gasteiger partial charge in [-0.3, -0.25) is 9.69 Å². The Kier molecular flexibility index (Phi) is 7.01. The number of nitrogens with one attached hydrogen (secondary N) is 1. The number of anilines is 1. The van der Waals surface area contributed by atoms with Gasteiger partial charge in [0.2, 0.25) is 5.91 Å². The Hall–Kier alpha value is -2.44. The van der Waals surface area contributed by atoms with Gasteiger partial charge in [-0.2, -0.15) is 0 Å². The van der Waals surface area contributed by atoms with Gasteiger partial charge in [-0.1, -0.05) is 24.3 Å². The quantitative estimate of drug-likeness (QED) is 0.796. The molecule has 0 radical (unpaired) electrons. The molecule has 150 valence electrons. The second-order valence-corrected chi connectivity index (χ2v) is 7.26. The van der Waals surface area contributed by atoms with Gasteiger partial charge in [-0.05, 0) is 35.4 Å². The van der Waals surface area contributed by atoms with Crippen LogP contribution >= 0.6 is 0 Å². The zero-order chi connectivity index (χ0) is 19.9. The summed E-state index contributed by atoms with van der Waals surface area (Å²) >= 11 is 0. The number of hydrogen-bond acceptors (Lipinski definition) is 4. The summed E-state index contributed by atoms with van der Waals surface area (Å²) < 4.78 is 18.5. The number of carbonyl (C=O) groups excluding carboxylic acids is 1. The van der Waals surface area contributed by atoms with E-state index in [-0.39, 0.29) is 24.2 Å². The van der Waals surface area contributed by atoms with Crippen molar-refractivity contribution < 1.29 is 13.9 Å². The minimum Gasteiger partial charge on any atom is -0.379 e. The predicted molar refractivity (Wildman–Crippen MR) is 109 cm³/mol. The number of rotatable bonds is 7. The van der Waals surface area contributed by atoms with Crippen LogP contribution in [0.1, 0.15) is 17.2 Å². The third kappa shape index (κ3) is 5.53. The average Bonchev–Trinajstić information content (AvgIpc) is 2.71. The predicted octanol–water partition coefficient (Wildman–Crippen LogP) is 2.62. The van der Waals surface area contributed by atoms with E-state index in [2.05, 4.69) is 39.4 Å². The van der Waals surface area contributed by atoms with E-state index >= 15 is 0 Å². The average molecular weight is 385 g/mol. The number of carbonyl (C=O) groups is 1. The Bertz CT molecular complexity index is 756. The maximum Gasteiger partial charge on any atom is 0.224 e. The first-order valence-electron chi connectivity index (χ1n) is 9.63. The molecule has 1 heterocycles. The van der Waals surface area contributed by atoms with E-state index in [9.17, 15) is 9.18 Å². The highest BCUT2D eigenvalue weighted by atomic mass is 19.1. The summed E-state index contributed by atoms with van der Waals surface area (Å²) in [6.45, 7) is 3.62. The van der Waals surface area contributed by atoms with E-state index in [0.717, 1.165) is 24.3 Å². The molecule has 5 nitrogen and oxygen atoms in total. The topological polar surface area (TPSA) is 44.8 Å². The fourth-order valence-corrected chi connectivity index (χ4v) is 3.40. The van der Waals surface area contributed by atoms with E-state index in [1.165, 1.54) is 17.7 Å². The first-order chi connectivity index (χ1) is 13.5. The maximum atomic E-state index is 13.0. The van der Waals surface area contributed by atoms with Crippen LogP contribution in [0.15, 0.2) is 48.5 Å². The normalized spacial score (nSPS) is 15.8. The largest absolute Gasteiger partial charge is 0.379 e. The van der Waals surface area contributed by atoms with Gasteiger partial charge in [0.25, 0.3) is 0 Å². The fraction of sp³-hybridized carbons (Fsp3) is 0.409. The van der Waals surface area contributed by atoms with Crippen LogP contribution in [0.3, 0.4) is 0 Å². The third-order valence-electron chi connectivity index (χ3n) is 5.05. The molecule has 1 N–H and O–H groups in total. The molecule has 1 aliphatic rings. The van der Waals surface area contributed by atoms with Gasteiger partial charge >= 0.3 is 0 Å². The highest BCUT2D eigenvalue weighted by Crippen LogP contribution is 2.24. The van der Waals surface area contributed by atoms with Gasteiger partial charge in [-0.15, -0.1) is 0 Å². The molecular weight excluding hydrogens is 357 g/mol. The molecular formula is C22H28FN3O2. The Balaban J connectivity index is 1.66. The summed E-state index contributed by atoms with van der Waals surface area (Å²) in [5, 5.41) is 3.05. The number of hydrogen-bond donors (Lipinski definition) is 1. The molecule has 2 aromatic carbocycles. The van der Waals surface area contributed by atoms with E-state index < -0.39 is 0 Å². The van der Waals surface area contributed by atoms with Crippen molar-refractivity contribution in [2.45, 2.75) is 12.5 Å². The maximum absolute atomic E-state index is 13.0. The van der Waals surface area contributed by atoms with Crippen LogP contribution in [0.2, 0.25) is 0 Å². The molecule has 1 atom stereocenters. The van der Waals surface area contributed by atoms with E-state index in [0.29, 0.717) is 19.8 Å². The summed E-state index contributed by atoms with van der Waals surface area (Å²) in [7, 11) is 4.04. The van der Waals surface area contributed by atoms with Crippen molar-refractivity contribution in [2.75, 3.05) is 51.8 Å². The molecule has 3 rings (SSSR count). The summed E-state index contributed by atoms with van der Waals surface area (Å²) in [6, 6.07) is 14.6. The molecule has 0 aliphatic carbocycles. The van der Waals surface area contributed by atoms with E-state index in [1.807, 2.05) is 14.1 Å². The molecule has 28 heavy (non-hydrogen) atoms. The van der Waals surface area contributed by atoms with Crippen molar-refractivity contribution in [3.63, 3.8) is 0 Å². The number of morpholine rings is 1. The third-order valence-corrected chi connectivity index (χ3v) is 5.05. The van der Waals surface area contributed by atoms with E-state index in [1.54, 1.807) is 12.1 Å². The standard InChI is InChI=1S/C22H28FN3O2/c1-25(2)20-9-5-18(6-10-20)21(26-11-13-28-14-12-26)16-24-22(27)15-17-3-7-19(23)8-4-17/h3-10,21H,11-16H2,1-2H3,(H,24,27)/t21-/m1/s1. The Morgan fingerprint density at radius 3 is 2.36 bits per heavy atom. The van der Waals surface area contributed by atoms with Crippen molar-refractivity contribution >= 4 is 11.6 Å². The Labute approximate surface area is 166 Å². The summed E-state index contributed by atoms with van der Waals surface area (Å²) in [6.07, 6.45) is 0.246. The molecule has 0 saturated carbocycles. The van der Waals surface area contributed by atoms with Crippen molar-refractivity contribution in [3.8, 4) is 0 Å². The van der Waals surface area contributed by atoms with Crippen LogP contribution in [0.25, 0.3) is 0 Å². The highest BCUT2D eigenvalue weighted by molar-refractivity contribution is 5.78. The van der Waals surface area contributed by atoms with Gasteiger partial charge < -0.3 is 15.0 Å². The molecule has 1 fully saturated rings. The first kappa shape index (κ1) is 20.3. The molecule has 1 saturated heterocycles. The zero-order valence-electron chi connectivity index (χ0n) is 16.5. The van der Waals surface area contributed by atoms with Crippen LogP contribution in [0.5, 0.6) is 0 Å². The molecule has 0 bridgehead atoms. The minimum absolute atomic E-state index is 0.0604. The minimum atomic E-state index is -0.294. The second kappa shape index (κ2) is 9.66. The summed E-state index contributed by atoms with van der Waals surface area (Å²) in [5.41, 5.74) is 3.12. The molecule has 6 heteroatoms. The lowest BCUT2D eigenvalue weighted by molar-refractivity contribution is -0.120. The first-order valence-corrected chi connectivity index (χ1v) is 9.63. The number of nitrogens with zero attached hydrogens (tertiary/aromatic N) is 2. The van der Waals surface area contributed by atoms with Crippen molar-refractivity contribution in [1.29, 1.82) is 0 Å². The number of ether oxygens (including phenoxy) is 1. The monoisotopic (exact) mass is 385 g/mol. The zero-order valence-corrected chi connectivity index (χ0v) is 16.5. The SMILES string of the molecule is CN(C)c1ccc([C@@H](CNC(=O)Cc2ccc(F)cc2)N2CCOCC2)cc1. The smallest absolute Gasteiger partial charge is 0.224 e. The van der Waals surface area contributed by atoms with Crippen LogP contribution in [-0.2, 0) is 16.0 Å². The Morgan fingerprint density at radius 1 is 1.11 bits per heavy atom. The number of amides is 1. The van der Waals surface area contributed by atoms with Gasteiger partial charge in [0.05, 0.1) is 25.7 Å². The van der Waals surface area contributed by atoms with E-state index in [4.69, 9.17) is 4.74 Å². The molecule has 0 spiro atoms. The van der Waals surface area contributed by atoms with Gasteiger partial charge in [0.1, 0.15) is 5.82 Å². The van der Waals surface area contributed by atoms with Crippen LogP contribution < -0.4 is 10.2 Å². The lowest BCUT2D eigenvalue weighted by Gasteiger charge is -2.35. The molecule has 0 aromatic heterocycles. The summed E-state index contributed by atoms with van der Waals surface area (Å²) in [4.78, 5) is 16.8. The number of benzene rings is 2. The molecule has 1 amide bonds. The van der Waals surface area contributed by atoms with Crippen molar-refractivity contribution in [1.82, 2.24) is 10.2 Å². The molecule has 1 aliphatic heterocycles. The lowest BCUT2D eigenvalue weighted by Crippen LogP contribution is -2.44. The summed E-state index contributed by atoms with van der Waals surface area (Å²) in [5.74, 6) is -0.354.